The molecule has 1 aromatic carbocycles. The summed E-state index contributed by atoms with van der Waals surface area (Å²) < 4.78 is 4.29. The third kappa shape index (κ3) is 2.02. The average Bonchev–Trinajstić information content (AvgIpc) is 2.80. The molecule has 0 N–H and O–H groups in total. The zero-order valence-corrected chi connectivity index (χ0v) is 14.2. The first-order chi connectivity index (χ1) is 11.1. The molecule has 0 atom stereocenters. The smallest absolute Gasteiger partial charge is 0.293 e. The molecule has 6 heteroatoms. The Morgan fingerprint density at radius 2 is 2.00 bits per heavy atom. The molecule has 114 valence electrons. The predicted molar refractivity (Wildman–Crippen MR) is 94.0 cm³/mol. The number of pyridine rings is 2. The van der Waals surface area contributed by atoms with E-state index in [2.05, 4.69) is 25.9 Å². The number of rotatable bonds is 1. The van der Waals surface area contributed by atoms with Crippen LogP contribution in [0.1, 0.15) is 5.69 Å². The van der Waals surface area contributed by atoms with Crippen LogP contribution in [0.5, 0.6) is 0 Å². The van der Waals surface area contributed by atoms with E-state index in [1.54, 1.807) is 28.6 Å². The van der Waals surface area contributed by atoms with Gasteiger partial charge in [0.2, 0.25) is 0 Å². The van der Waals surface area contributed by atoms with Crippen molar-refractivity contribution >= 4 is 37.9 Å². The van der Waals surface area contributed by atoms with E-state index in [-0.39, 0.29) is 5.69 Å². The molecule has 4 rings (SSSR count). The maximum absolute atomic E-state index is 12.8. The zero-order valence-electron chi connectivity index (χ0n) is 12.6. The van der Waals surface area contributed by atoms with E-state index >= 15 is 0 Å². The number of halogens is 1. The summed E-state index contributed by atoms with van der Waals surface area (Å²) in [5.74, 6) is 0. The molecule has 0 aliphatic heterocycles. The van der Waals surface area contributed by atoms with Crippen LogP contribution in [0.3, 0.4) is 0 Å². The van der Waals surface area contributed by atoms with Crippen molar-refractivity contribution in [3.8, 4) is 5.69 Å². The molecule has 0 aliphatic rings. The van der Waals surface area contributed by atoms with Gasteiger partial charge in [-0.1, -0.05) is 15.9 Å². The van der Waals surface area contributed by atoms with E-state index in [1.807, 2.05) is 37.3 Å². The lowest BCUT2D eigenvalue weighted by atomic mass is 10.2. The maximum Gasteiger partial charge on any atom is 0.333 e. The van der Waals surface area contributed by atoms with E-state index in [0.29, 0.717) is 0 Å². The third-order valence-electron chi connectivity index (χ3n) is 4.07. The van der Waals surface area contributed by atoms with Crippen LogP contribution in [-0.2, 0) is 7.05 Å². The summed E-state index contributed by atoms with van der Waals surface area (Å²) in [6.45, 7) is 1.90. The lowest BCUT2D eigenvalue weighted by molar-refractivity contribution is 0.840. The summed E-state index contributed by atoms with van der Waals surface area (Å²) in [5, 5.41) is 0.929. The number of aryl methyl sites for hydroxylation is 2. The molecule has 0 radical (unpaired) electrons. The molecule has 3 aromatic heterocycles. The molecule has 0 spiro atoms. The molecule has 3 heterocycles. The Kier molecular flexibility index (Phi) is 3.09. The quantitative estimate of drug-likeness (QED) is 0.517. The Balaban J connectivity index is 2.28. The molecule has 23 heavy (non-hydrogen) atoms. The van der Waals surface area contributed by atoms with Crippen LogP contribution in [0, 0.1) is 6.92 Å². The minimum Gasteiger partial charge on any atom is -0.293 e. The number of benzene rings is 1. The van der Waals surface area contributed by atoms with Gasteiger partial charge in [-0.2, -0.15) is 0 Å². The Labute approximate surface area is 140 Å². The highest BCUT2D eigenvalue weighted by atomic mass is 79.9. The Morgan fingerprint density at radius 3 is 2.78 bits per heavy atom. The van der Waals surface area contributed by atoms with Crippen molar-refractivity contribution in [1.82, 2.24) is 19.1 Å². The molecule has 0 amide bonds. The first kappa shape index (κ1) is 14.1. The van der Waals surface area contributed by atoms with Gasteiger partial charge in [0.1, 0.15) is 0 Å². The standard InChI is InChI=1S/C17H13BrN4O/c1-10-14(4-3-7-19-10)22-16-12-8-11(18)5-6-13(12)20-9-15(16)21(2)17(22)23/h3-9H,1-2H3. The van der Waals surface area contributed by atoms with Crippen molar-refractivity contribution in [1.29, 1.82) is 0 Å². The molecule has 0 bridgehead atoms. The van der Waals surface area contributed by atoms with Gasteiger partial charge >= 0.3 is 5.69 Å². The van der Waals surface area contributed by atoms with Gasteiger partial charge in [0.15, 0.2) is 0 Å². The van der Waals surface area contributed by atoms with Crippen LogP contribution in [0.4, 0.5) is 0 Å². The first-order valence-corrected chi connectivity index (χ1v) is 7.95. The molecular weight excluding hydrogens is 356 g/mol. The minimum atomic E-state index is -0.106. The van der Waals surface area contributed by atoms with E-state index in [1.165, 1.54) is 0 Å². The topological polar surface area (TPSA) is 52.7 Å². The van der Waals surface area contributed by atoms with Gasteiger partial charge in [0.05, 0.1) is 34.1 Å². The molecule has 4 aromatic rings. The van der Waals surface area contributed by atoms with E-state index < -0.39 is 0 Å². The highest BCUT2D eigenvalue weighted by Crippen LogP contribution is 2.27. The molecule has 0 saturated heterocycles. The van der Waals surface area contributed by atoms with Crippen molar-refractivity contribution in [2.45, 2.75) is 6.92 Å². The minimum absolute atomic E-state index is 0.106. The van der Waals surface area contributed by atoms with E-state index in [0.717, 1.165) is 37.8 Å². The van der Waals surface area contributed by atoms with Gasteiger partial charge in [-0.3, -0.25) is 19.1 Å². The van der Waals surface area contributed by atoms with Crippen LogP contribution < -0.4 is 5.69 Å². The Bertz CT molecular complexity index is 1130. The monoisotopic (exact) mass is 368 g/mol. The van der Waals surface area contributed by atoms with Crippen LogP contribution in [0.25, 0.3) is 27.6 Å². The molecule has 0 aliphatic carbocycles. The van der Waals surface area contributed by atoms with Crippen molar-refractivity contribution < 1.29 is 0 Å². The summed E-state index contributed by atoms with van der Waals surface area (Å²) in [7, 11) is 1.76. The molecule has 0 saturated carbocycles. The number of aromatic nitrogens is 4. The number of hydrogen-bond acceptors (Lipinski definition) is 3. The average molecular weight is 369 g/mol. The largest absolute Gasteiger partial charge is 0.333 e. The van der Waals surface area contributed by atoms with Gasteiger partial charge in [-0.15, -0.1) is 0 Å². The fourth-order valence-corrected chi connectivity index (χ4v) is 3.27. The van der Waals surface area contributed by atoms with Crippen molar-refractivity contribution in [3.63, 3.8) is 0 Å². The van der Waals surface area contributed by atoms with Crippen LogP contribution in [0.15, 0.2) is 52.0 Å². The van der Waals surface area contributed by atoms with Crippen molar-refractivity contribution in [2.24, 2.45) is 7.05 Å². The third-order valence-corrected chi connectivity index (χ3v) is 4.56. The van der Waals surface area contributed by atoms with Gasteiger partial charge < -0.3 is 0 Å². The SMILES string of the molecule is Cc1ncccc1-n1c(=O)n(C)c2cnc3ccc(Br)cc3c21. The zero-order chi connectivity index (χ0) is 16.1. The van der Waals surface area contributed by atoms with Gasteiger partial charge in [0.25, 0.3) is 0 Å². The fourth-order valence-electron chi connectivity index (χ4n) is 2.91. The summed E-state index contributed by atoms with van der Waals surface area (Å²) in [4.78, 5) is 21.6. The Hall–Kier alpha value is -2.47. The predicted octanol–water partition coefficient (Wildman–Crippen LogP) is 3.34. The highest BCUT2D eigenvalue weighted by Gasteiger charge is 2.17. The molecular formula is C17H13BrN4O. The van der Waals surface area contributed by atoms with E-state index in [9.17, 15) is 4.79 Å². The van der Waals surface area contributed by atoms with Crippen LogP contribution in [-0.4, -0.2) is 19.1 Å². The lowest BCUT2D eigenvalue weighted by Crippen LogP contribution is -2.21. The van der Waals surface area contributed by atoms with Crippen molar-refractivity contribution in [2.75, 3.05) is 0 Å². The number of nitrogens with zero attached hydrogens (tertiary/aromatic N) is 4. The lowest BCUT2D eigenvalue weighted by Gasteiger charge is -2.08. The first-order valence-electron chi connectivity index (χ1n) is 7.15. The second kappa shape index (κ2) is 5.03. The van der Waals surface area contributed by atoms with Gasteiger partial charge in [-0.25, -0.2) is 4.79 Å². The second-order valence-electron chi connectivity index (χ2n) is 5.44. The van der Waals surface area contributed by atoms with E-state index in [4.69, 9.17) is 0 Å². The van der Waals surface area contributed by atoms with Crippen molar-refractivity contribution in [3.05, 3.63) is 63.4 Å². The maximum atomic E-state index is 12.8. The number of imidazole rings is 1. The number of fused-ring (bicyclic) bond motifs is 3. The van der Waals surface area contributed by atoms with Crippen LogP contribution >= 0.6 is 15.9 Å². The van der Waals surface area contributed by atoms with Gasteiger partial charge in [0, 0.05) is 23.1 Å². The fraction of sp³-hybridized carbons (Fsp3) is 0.118. The van der Waals surface area contributed by atoms with Crippen LogP contribution in [0.2, 0.25) is 0 Å². The normalized spacial score (nSPS) is 11.4. The summed E-state index contributed by atoms with van der Waals surface area (Å²) >= 11 is 3.50. The summed E-state index contributed by atoms with van der Waals surface area (Å²) in [6.07, 6.45) is 3.47. The molecule has 0 unspecified atom stereocenters. The number of hydrogen-bond donors (Lipinski definition) is 0. The summed E-state index contributed by atoms with van der Waals surface area (Å²) in [5.41, 5.74) is 3.98. The summed E-state index contributed by atoms with van der Waals surface area (Å²) in [6, 6.07) is 9.63. The molecule has 5 nitrogen and oxygen atoms in total. The second-order valence-corrected chi connectivity index (χ2v) is 6.35. The Morgan fingerprint density at radius 1 is 1.17 bits per heavy atom. The molecule has 0 fully saturated rings. The highest BCUT2D eigenvalue weighted by molar-refractivity contribution is 9.10. The van der Waals surface area contributed by atoms with Gasteiger partial charge in [-0.05, 0) is 37.3 Å².